The summed E-state index contributed by atoms with van der Waals surface area (Å²) in [5.74, 6) is 0. The van der Waals surface area contributed by atoms with Crippen molar-refractivity contribution in [2.24, 2.45) is 0 Å². The van der Waals surface area contributed by atoms with E-state index in [1.54, 1.807) is 26.2 Å². The summed E-state index contributed by atoms with van der Waals surface area (Å²) in [5.41, 5.74) is 8.09. The third-order valence-electron chi connectivity index (χ3n) is 6.07. The van der Waals surface area contributed by atoms with Crippen LogP contribution >= 0.6 is 0 Å². The van der Waals surface area contributed by atoms with E-state index in [4.69, 9.17) is 0 Å². The van der Waals surface area contributed by atoms with Crippen molar-refractivity contribution < 1.29 is 21.5 Å². The van der Waals surface area contributed by atoms with Gasteiger partial charge in [0.05, 0.1) is 14.1 Å². The second-order valence-electron chi connectivity index (χ2n) is 8.83. The second-order valence-corrected chi connectivity index (χ2v) is 8.83. The third-order valence-corrected chi connectivity index (χ3v) is 6.07. The zero-order valence-electron chi connectivity index (χ0n) is 22.6. The fraction of sp³-hybridized carbons (Fsp3) is 0.786. The van der Waals surface area contributed by atoms with E-state index in [0.717, 1.165) is 6.42 Å². The number of quaternary nitrogens is 2. The van der Waals surface area contributed by atoms with Crippen molar-refractivity contribution >= 4 is 12.6 Å². The summed E-state index contributed by atoms with van der Waals surface area (Å²) in [4.78, 5) is 0. The van der Waals surface area contributed by atoms with Gasteiger partial charge in [0.2, 0.25) is 0 Å². The molecule has 194 valence electrons. The van der Waals surface area contributed by atoms with Crippen LogP contribution in [0.4, 0.5) is 0 Å². The summed E-state index contributed by atoms with van der Waals surface area (Å²) in [6, 6.07) is 7.25. The molecule has 1 aromatic rings. The summed E-state index contributed by atoms with van der Waals surface area (Å²) in [6.07, 6.45) is 26.3. The second kappa shape index (κ2) is 29.2. The zero-order valence-corrected chi connectivity index (χ0v) is 22.6. The minimum Gasteiger partial charge on any atom is -0.889 e. The summed E-state index contributed by atoms with van der Waals surface area (Å²) < 4.78 is 0. The molecule has 4 nitrogen and oxygen atoms in total. The average Bonchev–Trinajstić information content (AvgIpc) is 2.86. The molecule has 0 bridgehead atoms. The van der Waals surface area contributed by atoms with Crippen LogP contribution in [0.15, 0.2) is 24.3 Å². The van der Waals surface area contributed by atoms with Gasteiger partial charge in [0.15, 0.2) is 0 Å². The van der Waals surface area contributed by atoms with Crippen molar-refractivity contribution in [3.63, 3.8) is 0 Å². The van der Waals surface area contributed by atoms with E-state index in [9.17, 15) is 10.0 Å². The van der Waals surface area contributed by atoms with Crippen molar-refractivity contribution in [2.45, 2.75) is 129 Å². The molecule has 0 radical (unpaired) electrons. The van der Waals surface area contributed by atoms with E-state index in [0.29, 0.717) is 5.46 Å². The number of hydrogen-bond acceptors (Lipinski definition) is 2. The maximum atomic E-state index is 10.8. The largest absolute Gasteiger partial charge is 0.889 e. The first-order valence-electron chi connectivity index (χ1n) is 14.1. The number of benzene rings is 1. The van der Waals surface area contributed by atoms with Gasteiger partial charge in [0.1, 0.15) is 0 Å². The van der Waals surface area contributed by atoms with Gasteiger partial charge in [0.25, 0.3) is 0 Å². The molecule has 0 spiro atoms. The van der Waals surface area contributed by atoms with Gasteiger partial charge >= 0.3 is 0 Å². The van der Waals surface area contributed by atoms with Crippen LogP contribution in [-0.4, -0.2) is 21.2 Å². The Morgan fingerprint density at radius 2 is 0.818 bits per heavy atom. The number of hydrogen-bond donors (Lipinski definition) is 2. The molecule has 0 aromatic heterocycles. The molecular weight excluding hydrogens is 407 g/mol. The molecule has 0 atom stereocenters. The Kier molecular flexibility index (Phi) is 30.3. The number of aryl methyl sites for hydroxylation is 1. The molecular formula is C28H57BN2O2. The van der Waals surface area contributed by atoms with Crippen molar-refractivity contribution in [2.75, 3.05) is 14.1 Å². The molecule has 0 unspecified atom stereocenters. The first kappa shape index (κ1) is 34.3. The molecule has 0 aliphatic heterocycles. The zero-order chi connectivity index (χ0) is 25.0. The highest BCUT2D eigenvalue weighted by molar-refractivity contribution is 6.55. The topological polar surface area (TPSA) is 101 Å². The van der Waals surface area contributed by atoms with Gasteiger partial charge in [-0.1, -0.05) is 147 Å². The van der Waals surface area contributed by atoms with Crippen molar-refractivity contribution in [1.29, 1.82) is 0 Å². The van der Waals surface area contributed by atoms with Gasteiger partial charge in [-0.2, -0.15) is 0 Å². The van der Waals surface area contributed by atoms with Crippen molar-refractivity contribution in [3.05, 3.63) is 29.8 Å². The van der Waals surface area contributed by atoms with Gasteiger partial charge in [-0.05, 0) is 18.4 Å². The van der Waals surface area contributed by atoms with Gasteiger partial charge < -0.3 is 21.5 Å². The highest BCUT2D eigenvalue weighted by Gasteiger charge is 1.97. The standard InChI is InChI=1S/C26H45BO2.2CH5N/c1-2-3-4-5-6-7-8-9-10-11-12-13-14-15-16-17-18-19-20-25-21-23-26(24-22-25)27(28)29;2*1-2/h21-24H,2-20H2,1H3;2*2H2,1H3/q-2;;/p+2. The van der Waals surface area contributed by atoms with Crippen LogP contribution in [0.5, 0.6) is 0 Å². The van der Waals surface area contributed by atoms with E-state index in [1.807, 2.05) is 12.1 Å². The van der Waals surface area contributed by atoms with Gasteiger partial charge in [-0.3, -0.25) is 0 Å². The Bertz CT molecular complexity index is 469. The van der Waals surface area contributed by atoms with Crippen LogP contribution in [0.1, 0.15) is 128 Å². The van der Waals surface area contributed by atoms with Crippen LogP contribution in [0.2, 0.25) is 0 Å². The quantitative estimate of drug-likeness (QED) is 0.228. The molecule has 33 heavy (non-hydrogen) atoms. The molecule has 1 rings (SSSR count). The lowest BCUT2D eigenvalue weighted by Crippen LogP contribution is -2.55. The first-order valence-corrected chi connectivity index (χ1v) is 14.1. The molecule has 6 N–H and O–H groups in total. The predicted octanol–water partition coefficient (Wildman–Crippen LogP) is 3.40. The van der Waals surface area contributed by atoms with Crippen LogP contribution in [0, 0.1) is 0 Å². The van der Waals surface area contributed by atoms with E-state index in [1.165, 1.54) is 121 Å². The summed E-state index contributed by atoms with van der Waals surface area (Å²) in [7, 11) is 1.65. The van der Waals surface area contributed by atoms with Crippen LogP contribution in [0.3, 0.4) is 0 Å². The molecule has 0 aliphatic rings. The van der Waals surface area contributed by atoms with Crippen LogP contribution in [-0.2, 0) is 6.42 Å². The highest BCUT2D eigenvalue weighted by Crippen LogP contribution is 2.14. The maximum Gasteiger partial charge on any atom is 0.0634 e. The lowest BCUT2D eigenvalue weighted by atomic mass is 9.80. The Hall–Kier alpha value is -0.875. The maximum absolute atomic E-state index is 10.8. The Balaban J connectivity index is 0. The van der Waals surface area contributed by atoms with Crippen molar-refractivity contribution in [3.8, 4) is 0 Å². The monoisotopic (exact) mass is 464 g/mol. The molecule has 0 amide bonds. The van der Waals surface area contributed by atoms with Crippen molar-refractivity contribution in [1.82, 2.24) is 0 Å². The smallest absolute Gasteiger partial charge is 0.0634 e. The molecule has 0 fully saturated rings. The van der Waals surface area contributed by atoms with Crippen LogP contribution in [0.25, 0.3) is 0 Å². The molecule has 0 aliphatic carbocycles. The molecule has 0 saturated carbocycles. The highest BCUT2D eigenvalue weighted by atomic mass is 16.4. The van der Waals surface area contributed by atoms with E-state index in [2.05, 4.69) is 18.4 Å². The average molecular weight is 465 g/mol. The fourth-order valence-corrected chi connectivity index (χ4v) is 4.07. The third kappa shape index (κ3) is 24.1. The van der Waals surface area contributed by atoms with Gasteiger partial charge in [-0.15, -0.1) is 5.46 Å². The lowest BCUT2D eigenvalue weighted by Gasteiger charge is -2.26. The summed E-state index contributed by atoms with van der Waals surface area (Å²) >= 11 is 0. The fourth-order valence-electron chi connectivity index (χ4n) is 4.07. The molecule has 0 saturated heterocycles. The lowest BCUT2D eigenvalue weighted by molar-refractivity contribution is -0.341. The number of rotatable bonds is 20. The Morgan fingerprint density at radius 3 is 1.12 bits per heavy atom. The predicted molar refractivity (Wildman–Crippen MR) is 142 cm³/mol. The summed E-state index contributed by atoms with van der Waals surface area (Å²) in [6.45, 7) is 2.29. The van der Waals surface area contributed by atoms with Crippen LogP contribution < -0.4 is 27.0 Å². The van der Waals surface area contributed by atoms with Gasteiger partial charge in [-0.25, -0.2) is 0 Å². The normalized spacial score (nSPS) is 10.2. The minimum atomic E-state index is -1.85. The van der Waals surface area contributed by atoms with E-state index < -0.39 is 7.12 Å². The van der Waals surface area contributed by atoms with Gasteiger partial charge in [0, 0.05) is 0 Å². The molecule has 1 aromatic carbocycles. The SMILES string of the molecule is CCCCCCCCCCCCCCCCCCCCc1ccc(B([O-])[O-])cc1.C[NH3+].C[NH3+]. The first-order chi connectivity index (χ1) is 16.2. The van der Waals surface area contributed by atoms with E-state index >= 15 is 0 Å². The molecule has 0 heterocycles. The Morgan fingerprint density at radius 1 is 0.515 bits per heavy atom. The number of unbranched alkanes of at least 4 members (excludes halogenated alkanes) is 17. The molecule has 5 heteroatoms. The Labute approximate surface area is 207 Å². The summed E-state index contributed by atoms with van der Waals surface area (Å²) in [5, 5.41) is 21.6. The van der Waals surface area contributed by atoms with E-state index in [-0.39, 0.29) is 0 Å². The minimum absolute atomic E-state index is 0.353.